The van der Waals surface area contributed by atoms with Gasteiger partial charge in [-0.3, -0.25) is 0 Å². The smallest absolute Gasteiger partial charge is 0.338 e. The Balaban J connectivity index is 2.18. The van der Waals surface area contributed by atoms with E-state index < -0.39 is 17.3 Å². The molecule has 19 heavy (non-hydrogen) atoms. The number of carbonyl (C=O) groups is 1. The highest BCUT2D eigenvalue weighted by Crippen LogP contribution is 2.26. The van der Waals surface area contributed by atoms with Crippen molar-refractivity contribution in [2.24, 2.45) is 0 Å². The number of carboxylic acid groups (broad SMARTS) is 1. The number of aromatic carboxylic acids is 1. The fourth-order valence-corrected chi connectivity index (χ4v) is 1.90. The third-order valence-electron chi connectivity index (χ3n) is 2.61. The molecule has 0 bridgehead atoms. The molecule has 7 heteroatoms. The van der Waals surface area contributed by atoms with Crippen LogP contribution in [0.1, 0.15) is 10.4 Å². The van der Waals surface area contributed by atoms with Crippen molar-refractivity contribution < 1.29 is 18.7 Å². The van der Waals surface area contributed by atoms with Gasteiger partial charge in [0.05, 0.1) is 16.6 Å². The van der Waals surface area contributed by atoms with Gasteiger partial charge in [0.1, 0.15) is 5.82 Å². The lowest BCUT2D eigenvalue weighted by Gasteiger charge is -1.95. The molecule has 1 aromatic carbocycles. The molecule has 3 rings (SSSR count). The fraction of sp³-hybridized carbons (Fsp3) is 0. The first kappa shape index (κ1) is 11.7. The average molecular weight is 281 g/mol. The number of carboxylic acids is 1. The summed E-state index contributed by atoms with van der Waals surface area (Å²) in [5, 5.41) is 9.04. The maximum Gasteiger partial charge on any atom is 0.338 e. The maximum atomic E-state index is 13.5. The molecule has 3 aromatic rings. The average Bonchev–Trinajstić information content (AvgIpc) is 2.93. The number of H-pyrrole nitrogens is 1. The summed E-state index contributed by atoms with van der Waals surface area (Å²) in [5.41, 5.74) is 0.286. The van der Waals surface area contributed by atoms with Crippen molar-refractivity contribution in [2.75, 3.05) is 0 Å². The number of hydrogen-bond donors (Lipinski definition) is 2. The summed E-state index contributed by atoms with van der Waals surface area (Å²) in [6.07, 6.45) is 0. The van der Waals surface area contributed by atoms with E-state index in [-0.39, 0.29) is 5.22 Å². The standard InChI is InChI=1S/C12H6ClFN2O3/c13-10-2-1-9(19-10)11-15-7-3-5(12(17)18)6(14)4-8(7)16-11/h1-4H,(H,15,16)(H,17,18). The van der Waals surface area contributed by atoms with Crippen LogP contribution in [0.15, 0.2) is 28.7 Å². The number of nitrogens with zero attached hydrogens (tertiary/aromatic N) is 1. The van der Waals surface area contributed by atoms with Gasteiger partial charge in [-0.15, -0.1) is 0 Å². The molecule has 0 fully saturated rings. The van der Waals surface area contributed by atoms with Crippen LogP contribution >= 0.6 is 11.6 Å². The van der Waals surface area contributed by atoms with E-state index in [9.17, 15) is 9.18 Å². The van der Waals surface area contributed by atoms with Gasteiger partial charge in [0.15, 0.2) is 16.8 Å². The van der Waals surface area contributed by atoms with Crippen LogP contribution in [-0.4, -0.2) is 21.0 Å². The minimum absolute atomic E-state index is 0.202. The summed E-state index contributed by atoms with van der Waals surface area (Å²) in [4.78, 5) is 17.8. The zero-order valence-corrected chi connectivity index (χ0v) is 10.0. The van der Waals surface area contributed by atoms with Crippen molar-refractivity contribution in [3.8, 4) is 11.6 Å². The molecular weight excluding hydrogens is 275 g/mol. The van der Waals surface area contributed by atoms with Gasteiger partial charge in [-0.25, -0.2) is 14.2 Å². The first-order chi connectivity index (χ1) is 9.04. The van der Waals surface area contributed by atoms with E-state index >= 15 is 0 Å². The Kier molecular flexibility index (Phi) is 2.53. The summed E-state index contributed by atoms with van der Waals surface area (Å²) in [5.74, 6) is -1.43. The lowest BCUT2D eigenvalue weighted by molar-refractivity contribution is 0.0692. The number of rotatable bonds is 2. The number of aromatic nitrogens is 2. The summed E-state index contributed by atoms with van der Waals surface area (Å²) in [7, 11) is 0. The van der Waals surface area contributed by atoms with Crippen molar-refractivity contribution in [1.29, 1.82) is 0 Å². The second-order valence-electron chi connectivity index (χ2n) is 3.84. The van der Waals surface area contributed by atoms with E-state index in [1.54, 1.807) is 12.1 Å². The third-order valence-corrected chi connectivity index (χ3v) is 2.81. The van der Waals surface area contributed by atoms with E-state index in [4.69, 9.17) is 21.1 Å². The predicted octanol–water partition coefficient (Wildman–Crippen LogP) is 3.31. The molecule has 96 valence electrons. The molecule has 0 amide bonds. The Labute approximate surface area is 110 Å². The van der Waals surface area contributed by atoms with Crippen molar-refractivity contribution in [1.82, 2.24) is 9.97 Å². The van der Waals surface area contributed by atoms with E-state index in [2.05, 4.69) is 9.97 Å². The first-order valence-electron chi connectivity index (χ1n) is 5.23. The second-order valence-corrected chi connectivity index (χ2v) is 4.22. The molecule has 0 aliphatic carbocycles. The number of furan rings is 1. The van der Waals surface area contributed by atoms with Gasteiger partial charge in [-0.2, -0.15) is 0 Å². The molecule has 0 spiro atoms. The largest absolute Gasteiger partial charge is 0.478 e. The van der Waals surface area contributed by atoms with Crippen LogP contribution in [0.2, 0.25) is 5.22 Å². The number of halogens is 2. The maximum absolute atomic E-state index is 13.5. The Hall–Kier alpha value is -2.34. The quantitative estimate of drug-likeness (QED) is 0.755. The van der Waals surface area contributed by atoms with Crippen LogP contribution in [0, 0.1) is 5.82 Å². The molecule has 0 saturated heterocycles. The van der Waals surface area contributed by atoms with Gasteiger partial charge in [0.25, 0.3) is 0 Å². The summed E-state index contributed by atoms with van der Waals surface area (Å²) in [6.45, 7) is 0. The van der Waals surface area contributed by atoms with E-state index in [1.807, 2.05) is 0 Å². The van der Waals surface area contributed by atoms with Gasteiger partial charge < -0.3 is 14.5 Å². The number of fused-ring (bicyclic) bond motifs is 1. The predicted molar refractivity (Wildman–Crippen MR) is 65.7 cm³/mol. The molecule has 0 saturated carbocycles. The molecule has 0 atom stereocenters. The number of nitrogens with one attached hydrogen (secondary N) is 1. The monoisotopic (exact) mass is 280 g/mol. The Morgan fingerprint density at radius 2 is 2.21 bits per heavy atom. The number of benzene rings is 1. The van der Waals surface area contributed by atoms with Crippen molar-refractivity contribution in [2.45, 2.75) is 0 Å². The van der Waals surface area contributed by atoms with E-state index in [0.717, 1.165) is 12.1 Å². The fourth-order valence-electron chi connectivity index (χ4n) is 1.75. The van der Waals surface area contributed by atoms with E-state index in [1.165, 1.54) is 0 Å². The van der Waals surface area contributed by atoms with Crippen LogP contribution in [0.3, 0.4) is 0 Å². The van der Waals surface area contributed by atoms with E-state index in [0.29, 0.717) is 22.6 Å². The van der Waals surface area contributed by atoms with Gasteiger partial charge >= 0.3 is 5.97 Å². The first-order valence-corrected chi connectivity index (χ1v) is 5.60. The zero-order chi connectivity index (χ0) is 13.6. The molecule has 2 heterocycles. The minimum atomic E-state index is -1.34. The molecule has 0 aliphatic rings. The highest BCUT2D eigenvalue weighted by molar-refractivity contribution is 6.28. The van der Waals surface area contributed by atoms with Crippen LogP contribution in [0.25, 0.3) is 22.6 Å². The Bertz CT molecular complexity index is 793. The van der Waals surface area contributed by atoms with Gasteiger partial charge in [0.2, 0.25) is 0 Å². The Morgan fingerprint density at radius 3 is 2.84 bits per heavy atom. The molecule has 5 nitrogen and oxygen atoms in total. The van der Waals surface area contributed by atoms with Gasteiger partial charge in [-0.1, -0.05) is 0 Å². The van der Waals surface area contributed by atoms with Crippen LogP contribution < -0.4 is 0 Å². The number of imidazole rings is 1. The van der Waals surface area contributed by atoms with Gasteiger partial charge in [0, 0.05) is 6.07 Å². The summed E-state index contributed by atoms with van der Waals surface area (Å²) >= 11 is 5.65. The van der Waals surface area contributed by atoms with Crippen LogP contribution in [0.4, 0.5) is 4.39 Å². The third kappa shape index (κ3) is 1.96. The molecule has 2 aromatic heterocycles. The lowest BCUT2D eigenvalue weighted by atomic mass is 10.2. The topological polar surface area (TPSA) is 79.1 Å². The highest BCUT2D eigenvalue weighted by atomic mass is 35.5. The minimum Gasteiger partial charge on any atom is -0.478 e. The zero-order valence-electron chi connectivity index (χ0n) is 9.28. The summed E-state index contributed by atoms with van der Waals surface area (Å²) < 4.78 is 18.7. The SMILES string of the molecule is O=C(O)c1cc2nc(-c3ccc(Cl)o3)[nH]c2cc1F. The number of hydrogen-bond acceptors (Lipinski definition) is 3. The molecular formula is C12H6ClFN2O3. The Morgan fingerprint density at radius 1 is 1.42 bits per heavy atom. The lowest BCUT2D eigenvalue weighted by Crippen LogP contribution is -1.99. The van der Waals surface area contributed by atoms with Crippen molar-refractivity contribution >= 4 is 28.6 Å². The second kappa shape index (κ2) is 4.10. The van der Waals surface area contributed by atoms with Crippen molar-refractivity contribution in [3.63, 3.8) is 0 Å². The highest BCUT2D eigenvalue weighted by Gasteiger charge is 2.15. The number of aromatic amines is 1. The van der Waals surface area contributed by atoms with Crippen LogP contribution in [0.5, 0.6) is 0 Å². The normalized spacial score (nSPS) is 11.1. The molecule has 0 radical (unpaired) electrons. The molecule has 0 unspecified atom stereocenters. The van der Waals surface area contributed by atoms with Crippen molar-refractivity contribution in [3.05, 3.63) is 40.9 Å². The molecule has 0 aliphatic heterocycles. The summed E-state index contributed by atoms with van der Waals surface area (Å²) in [6, 6.07) is 5.40. The van der Waals surface area contributed by atoms with Crippen LogP contribution in [-0.2, 0) is 0 Å². The molecule has 2 N–H and O–H groups in total. The van der Waals surface area contributed by atoms with Gasteiger partial charge in [-0.05, 0) is 29.8 Å².